The molecule has 114 valence electrons. The number of ether oxygens (including phenoxy) is 2. The summed E-state index contributed by atoms with van der Waals surface area (Å²) < 4.78 is 11.1. The minimum atomic E-state index is -0.461. The Bertz CT molecular complexity index is 170. The van der Waals surface area contributed by atoms with Crippen LogP contribution in [0.15, 0.2) is 4.99 Å². The van der Waals surface area contributed by atoms with Gasteiger partial charge in [-0.25, -0.2) is 4.99 Å². The van der Waals surface area contributed by atoms with Crippen LogP contribution >= 0.6 is 0 Å². The first-order valence-corrected chi connectivity index (χ1v) is 8.04. The first kappa shape index (κ1) is 18.6. The summed E-state index contributed by atoms with van der Waals surface area (Å²) in [5.41, 5.74) is 0. The van der Waals surface area contributed by atoms with Crippen LogP contribution < -0.4 is 0 Å². The minimum Gasteiger partial charge on any atom is -0.334 e. The van der Waals surface area contributed by atoms with Crippen LogP contribution in [0, 0.1) is 0 Å². The van der Waals surface area contributed by atoms with E-state index in [9.17, 15) is 0 Å². The van der Waals surface area contributed by atoms with Crippen molar-refractivity contribution in [3.05, 3.63) is 0 Å². The highest BCUT2D eigenvalue weighted by atomic mass is 16.7. The first-order valence-electron chi connectivity index (χ1n) is 8.04. The van der Waals surface area contributed by atoms with Crippen molar-refractivity contribution in [1.29, 1.82) is 0 Å². The van der Waals surface area contributed by atoms with Gasteiger partial charge < -0.3 is 9.47 Å². The van der Waals surface area contributed by atoms with Crippen LogP contribution in [0.5, 0.6) is 0 Å². The van der Waals surface area contributed by atoms with Gasteiger partial charge >= 0.3 is 0 Å². The van der Waals surface area contributed by atoms with E-state index in [0.717, 1.165) is 26.1 Å². The molecule has 0 aliphatic carbocycles. The molecule has 0 fully saturated rings. The van der Waals surface area contributed by atoms with Crippen molar-refractivity contribution in [2.75, 3.05) is 13.2 Å². The van der Waals surface area contributed by atoms with Gasteiger partial charge in [-0.15, -0.1) is 0 Å². The van der Waals surface area contributed by atoms with Gasteiger partial charge in [0.15, 0.2) is 0 Å². The van der Waals surface area contributed by atoms with Crippen molar-refractivity contribution in [3.8, 4) is 0 Å². The molecule has 0 aromatic rings. The number of unbranched alkanes of at least 4 members (excludes halogenated alkanes) is 8. The summed E-state index contributed by atoms with van der Waals surface area (Å²) in [5.74, 6) is 0. The molecule has 3 heteroatoms. The number of nitrogens with zero attached hydrogens (tertiary/aromatic N) is 1. The topological polar surface area (TPSA) is 30.8 Å². The first-order chi connectivity index (χ1) is 9.35. The zero-order valence-electron chi connectivity index (χ0n) is 13.0. The highest BCUT2D eigenvalue weighted by Gasteiger charge is 2.04. The molecule has 0 spiro atoms. The number of rotatable bonds is 15. The zero-order valence-corrected chi connectivity index (χ0v) is 13.0. The Morgan fingerprint density at radius 3 is 1.53 bits per heavy atom. The quantitative estimate of drug-likeness (QED) is 0.240. The van der Waals surface area contributed by atoms with Crippen LogP contribution in [-0.2, 0) is 9.47 Å². The van der Waals surface area contributed by atoms with E-state index in [1.54, 1.807) is 0 Å². The van der Waals surface area contributed by atoms with E-state index in [0.29, 0.717) is 0 Å². The van der Waals surface area contributed by atoms with Crippen LogP contribution in [-0.4, -0.2) is 26.3 Å². The second-order valence-corrected chi connectivity index (χ2v) is 5.06. The van der Waals surface area contributed by atoms with Crippen LogP contribution in [0.4, 0.5) is 0 Å². The van der Waals surface area contributed by atoms with Gasteiger partial charge in [0.1, 0.15) is 0 Å². The molecular weight excluding hydrogens is 238 g/mol. The predicted molar refractivity (Wildman–Crippen MR) is 82.8 cm³/mol. The lowest BCUT2D eigenvalue weighted by Crippen LogP contribution is -2.16. The molecule has 0 aromatic carbocycles. The molecule has 0 heterocycles. The number of hydrogen-bond acceptors (Lipinski definition) is 3. The Labute approximate surface area is 119 Å². The lowest BCUT2D eigenvalue weighted by Gasteiger charge is -2.13. The smallest absolute Gasteiger partial charge is 0.257 e. The summed E-state index contributed by atoms with van der Waals surface area (Å²) in [4.78, 5) is 3.86. The van der Waals surface area contributed by atoms with Crippen molar-refractivity contribution in [3.63, 3.8) is 0 Å². The summed E-state index contributed by atoms with van der Waals surface area (Å²) in [7, 11) is 0. The standard InChI is InChI=1S/C16H33NO2/c1-4-6-8-10-12-14-18-16(17-3)19-15-13-11-9-7-5-2/h16H,3-15H2,1-2H3. The molecule has 3 nitrogen and oxygen atoms in total. The zero-order chi connectivity index (χ0) is 14.2. The third-order valence-corrected chi connectivity index (χ3v) is 3.17. The van der Waals surface area contributed by atoms with Gasteiger partial charge in [-0.2, -0.15) is 0 Å². The maximum atomic E-state index is 5.55. The minimum absolute atomic E-state index is 0.461. The molecule has 0 aromatic heterocycles. The summed E-state index contributed by atoms with van der Waals surface area (Å²) in [6, 6.07) is 0. The monoisotopic (exact) mass is 271 g/mol. The van der Waals surface area contributed by atoms with Crippen molar-refractivity contribution >= 4 is 6.72 Å². The molecule has 0 bridgehead atoms. The summed E-state index contributed by atoms with van der Waals surface area (Å²) >= 11 is 0. The molecular formula is C16H33NO2. The molecule has 19 heavy (non-hydrogen) atoms. The number of aliphatic imine (C=N–C) groups is 1. The molecule has 0 atom stereocenters. The van der Waals surface area contributed by atoms with Crippen LogP contribution in [0.2, 0.25) is 0 Å². The van der Waals surface area contributed by atoms with E-state index in [4.69, 9.17) is 9.47 Å². The molecule has 0 aliphatic rings. The van der Waals surface area contributed by atoms with Gasteiger partial charge in [-0.1, -0.05) is 65.2 Å². The molecule has 0 unspecified atom stereocenters. The van der Waals surface area contributed by atoms with Gasteiger partial charge in [0.25, 0.3) is 6.41 Å². The average Bonchev–Trinajstić information content (AvgIpc) is 2.44. The van der Waals surface area contributed by atoms with E-state index < -0.39 is 6.41 Å². The van der Waals surface area contributed by atoms with Crippen molar-refractivity contribution < 1.29 is 9.47 Å². The fraction of sp³-hybridized carbons (Fsp3) is 0.938. The van der Waals surface area contributed by atoms with Gasteiger partial charge in [0.05, 0.1) is 13.2 Å². The summed E-state index contributed by atoms with van der Waals surface area (Å²) in [5, 5.41) is 0. The molecule has 0 radical (unpaired) electrons. The Morgan fingerprint density at radius 1 is 0.737 bits per heavy atom. The molecule has 0 aliphatic heterocycles. The SMILES string of the molecule is C=NC(OCCCCCCC)OCCCCCCC. The van der Waals surface area contributed by atoms with Gasteiger partial charge in [0, 0.05) is 0 Å². The number of hydrogen-bond donors (Lipinski definition) is 0. The lowest BCUT2D eigenvalue weighted by atomic mass is 10.2. The third kappa shape index (κ3) is 13.8. The van der Waals surface area contributed by atoms with E-state index >= 15 is 0 Å². The van der Waals surface area contributed by atoms with E-state index in [-0.39, 0.29) is 0 Å². The highest BCUT2D eigenvalue weighted by Crippen LogP contribution is 2.06. The molecule has 0 N–H and O–H groups in total. The Morgan fingerprint density at radius 2 is 1.16 bits per heavy atom. The molecule has 0 saturated heterocycles. The molecule has 0 amide bonds. The van der Waals surface area contributed by atoms with Gasteiger partial charge in [-0.3, -0.25) is 0 Å². The lowest BCUT2D eigenvalue weighted by molar-refractivity contribution is -0.137. The van der Waals surface area contributed by atoms with Crippen molar-refractivity contribution in [2.45, 2.75) is 84.5 Å². The van der Waals surface area contributed by atoms with Crippen LogP contribution in [0.1, 0.15) is 78.1 Å². The van der Waals surface area contributed by atoms with Gasteiger partial charge in [0.2, 0.25) is 0 Å². The normalized spacial score (nSPS) is 11.1. The van der Waals surface area contributed by atoms with E-state index in [1.165, 1.54) is 51.4 Å². The Hall–Kier alpha value is -0.410. The Kier molecular flexibility index (Phi) is 15.3. The average molecular weight is 271 g/mol. The summed E-state index contributed by atoms with van der Waals surface area (Å²) in [6.45, 7) is 9.42. The fourth-order valence-electron chi connectivity index (χ4n) is 1.93. The van der Waals surface area contributed by atoms with E-state index in [1.807, 2.05) is 0 Å². The van der Waals surface area contributed by atoms with Gasteiger partial charge in [-0.05, 0) is 19.6 Å². The maximum Gasteiger partial charge on any atom is 0.257 e. The molecule has 0 saturated carbocycles. The van der Waals surface area contributed by atoms with Crippen LogP contribution in [0.25, 0.3) is 0 Å². The van der Waals surface area contributed by atoms with Crippen molar-refractivity contribution in [1.82, 2.24) is 0 Å². The predicted octanol–water partition coefficient (Wildman–Crippen LogP) is 4.94. The highest BCUT2D eigenvalue weighted by molar-refractivity contribution is 5.23. The molecule has 0 rings (SSSR count). The summed E-state index contributed by atoms with van der Waals surface area (Å²) in [6.07, 6.45) is 12.0. The van der Waals surface area contributed by atoms with Crippen molar-refractivity contribution in [2.24, 2.45) is 4.99 Å². The second-order valence-electron chi connectivity index (χ2n) is 5.06. The second kappa shape index (κ2) is 15.6. The van der Waals surface area contributed by atoms with E-state index in [2.05, 4.69) is 25.6 Å². The third-order valence-electron chi connectivity index (χ3n) is 3.17. The Balaban J connectivity index is 3.32. The maximum absolute atomic E-state index is 5.55. The van der Waals surface area contributed by atoms with Crippen LogP contribution in [0.3, 0.4) is 0 Å². The largest absolute Gasteiger partial charge is 0.334 e. The fourth-order valence-corrected chi connectivity index (χ4v) is 1.93.